The molecule has 2 aliphatic carbocycles. The lowest BCUT2D eigenvalue weighted by molar-refractivity contribution is -0.182. The van der Waals surface area contributed by atoms with E-state index in [2.05, 4.69) is 43.9 Å². The molecule has 2 saturated carbocycles. The SMILES string of the molecule is CC1(C)O[C@H]2[C@H](n3ccc4c(N)ncnc43)CC3(CC(CCCc4ccc5nc(N)sc5c4)C3)[C@H]2O1. The van der Waals surface area contributed by atoms with Crippen molar-refractivity contribution in [2.75, 3.05) is 11.5 Å². The summed E-state index contributed by atoms with van der Waals surface area (Å²) in [4.78, 5) is 13.1. The molecule has 0 bridgehead atoms. The molecule has 0 radical (unpaired) electrons. The number of ether oxygens (including phenoxy) is 2. The van der Waals surface area contributed by atoms with Gasteiger partial charge in [0.1, 0.15) is 23.9 Å². The van der Waals surface area contributed by atoms with Crippen molar-refractivity contribution in [2.45, 2.75) is 76.4 Å². The average Bonchev–Trinajstić information content (AvgIpc) is 3.54. The van der Waals surface area contributed by atoms with Gasteiger partial charge in [-0.2, -0.15) is 0 Å². The fourth-order valence-corrected chi connectivity index (χ4v) is 7.94. The Labute approximate surface area is 214 Å². The van der Waals surface area contributed by atoms with Gasteiger partial charge in [-0.15, -0.1) is 0 Å². The fourth-order valence-electron chi connectivity index (χ4n) is 7.14. The molecule has 36 heavy (non-hydrogen) atoms. The molecule has 4 N–H and O–H groups in total. The van der Waals surface area contributed by atoms with Gasteiger partial charge in [-0.05, 0) is 75.6 Å². The van der Waals surface area contributed by atoms with Crippen molar-refractivity contribution in [3.8, 4) is 0 Å². The summed E-state index contributed by atoms with van der Waals surface area (Å²) >= 11 is 1.57. The molecule has 3 fully saturated rings. The summed E-state index contributed by atoms with van der Waals surface area (Å²) in [6.07, 6.45) is 10.8. The highest BCUT2D eigenvalue weighted by Crippen LogP contribution is 2.64. The number of benzene rings is 1. The van der Waals surface area contributed by atoms with Gasteiger partial charge in [0, 0.05) is 11.6 Å². The zero-order chi connectivity index (χ0) is 24.7. The first kappa shape index (κ1) is 22.4. The molecule has 1 aliphatic heterocycles. The zero-order valence-corrected chi connectivity index (χ0v) is 21.5. The van der Waals surface area contributed by atoms with Crippen LogP contribution >= 0.6 is 11.3 Å². The molecule has 0 unspecified atom stereocenters. The number of nitrogen functional groups attached to an aromatic ring is 2. The standard InChI is InChI=1S/C27H32N6O2S/c1-26(2)34-21-19(33-9-8-17-23(28)30-14-31-24(17)33)13-27(22(21)35-26)11-16(12-27)5-3-4-15-6-7-18-20(10-15)36-25(29)32-18/h6-10,14,16,19,21-22H,3-5,11-13H2,1-2H3,(H2,29,32)(H2,28,30,31)/t16?,19-,21+,22+,27?/m1/s1. The molecule has 4 heterocycles. The van der Waals surface area contributed by atoms with Crippen LogP contribution < -0.4 is 11.5 Å². The van der Waals surface area contributed by atoms with Crippen molar-refractivity contribution in [3.05, 3.63) is 42.4 Å². The summed E-state index contributed by atoms with van der Waals surface area (Å²) in [7, 11) is 0. The van der Waals surface area contributed by atoms with Crippen molar-refractivity contribution in [1.82, 2.24) is 19.5 Å². The average molecular weight is 505 g/mol. The number of fused-ring (bicyclic) bond motifs is 4. The molecule has 7 rings (SSSR count). The molecule has 3 atom stereocenters. The van der Waals surface area contributed by atoms with Crippen LogP contribution in [0.15, 0.2) is 36.8 Å². The highest BCUT2D eigenvalue weighted by atomic mass is 32.1. The molecule has 8 nitrogen and oxygen atoms in total. The second kappa shape index (κ2) is 7.87. The molecular formula is C27H32N6O2S. The van der Waals surface area contributed by atoms with Crippen molar-refractivity contribution >= 4 is 43.5 Å². The molecule has 4 aromatic rings. The maximum atomic E-state index is 6.55. The largest absolute Gasteiger partial charge is 0.383 e. The van der Waals surface area contributed by atoms with E-state index in [9.17, 15) is 0 Å². The highest BCUT2D eigenvalue weighted by molar-refractivity contribution is 7.22. The number of anilines is 2. The number of aryl methyl sites for hydroxylation is 1. The predicted molar refractivity (Wildman–Crippen MR) is 142 cm³/mol. The van der Waals surface area contributed by atoms with Crippen LogP contribution in [0.25, 0.3) is 21.3 Å². The van der Waals surface area contributed by atoms with Crippen molar-refractivity contribution < 1.29 is 9.47 Å². The minimum Gasteiger partial charge on any atom is -0.383 e. The van der Waals surface area contributed by atoms with E-state index in [0.717, 1.165) is 35.3 Å². The van der Waals surface area contributed by atoms with Gasteiger partial charge in [-0.25, -0.2) is 15.0 Å². The van der Waals surface area contributed by atoms with Crippen LogP contribution in [0.5, 0.6) is 0 Å². The third kappa shape index (κ3) is 3.51. The Balaban J connectivity index is 1.05. The summed E-state index contributed by atoms with van der Waals surface area (Å²) in [5.74, 6) is 0.689. The molecule has 1 saturated heterocycles. The van der Waals surface area contributed by atoms with Gasteiger partial charge in [0.25, 0.3) is 0 Å². The molecule has 188 valence electrons. The van der Waals surface area contributed by atoms with Gasteiger partial charge in [-0.3, -0.25) is 0 Å². The number of hydrogen-bond acceptors (Lipinski definition) is 8. The minimum atomic E-state index is -0.568. The Morgan fingerprint density at radius 2 is 1.97 bits per heavy atom. The van der Waals surface area contributed by atoms with Gasteiger partial charge in [0.05, 0.1) is 27.7 Å². The second-order valence-corrected chi connectivity index (χ2v) is 12.5. The Kier molecular flexibility index (Phi) is 4.91. The first-order valence-corrected chi connectivity index (χ1v) is 13.7. The van der Waals surface area contributed by atoms with Crippen LogP contribution in [-0.4, -0.2) is 37.5 Å². The third-order valence-corrected chi connectivity index (χ3v) is 9.41. The maximum Gasteiger partial charge on any atom is 0.181 e. The lowest BCUT2D eigenvalue weighted by Crippen LogP contribution is -2.46. The third-order valence-electron chi connectivity index (χ3n) is 8.56. The van der Waals surface area contributed by atoms with Gasteiger partial charge >= 0.3 is 0 Å². The number of aromatic nitrogens is 4. The Hall–Kier alpha value is -2.75. The topological polar surface area (TPSA) is 114 Å². The summed E-state index contributed by atoms with van der Waals surface area (Å²) < 4.78 is 16.5. The smallest absolute Gasteiger partial charge is 0.181 e. The van der Waals surface area contributed by atoms with E-state index in [1.165, 1.54) is 35.9 Å². The van der Waals surface area contributed by atoms with Crippen LogP contribution in [0.3, 0.4) is 0 Å². The lowest BCUT2D eigenvalue weighted by Gasteiger charge is -2.49. The predicted octanol–water partition coefficient (Wildman–Crippen LogP) is 5.09. The summed E-state index contributed by atoms with van der Waals surface area (Å²) in [6, 6.07) is 8.74. The minimum absolute atomic E-state index is 0.0197. The lowest BCUT2D eigenvalue weighted by atomic mass is 9.58. The first-order chi connectivity index (χ1) is 17.3. The van der Waals surface area contributed by atoms with E-state index in [0.29, 0.717) is 10.9 Å². The van der Waals surface area contributed by atoms with Crippen LogP contribution in [0, 0.1) is 11.3 Å². The van der Waals surface area contributed by atoms with Gasteiger partial charge < -0.3 is 25.5 Å². The van der Waals surface area contributed by atoms with Gasteiger partial charge in [-0.1, -0.05) is 23.8 Å². The quantitative estimate of drug-likeness (QED) is 0.389. The summed E-state index contributed by atoms with van der Waals surface area (Å²) in [5.41, 5.74) is 15.4. The molecule has 1 spiro atoms. The van der Waals surface area contributed by atoms with Gasteiger partial charge in [0.15, 0.2) is 10.9 Å². The number of rotatable bonds is 5. The van der Waals surface area contributed by atoms with E-state index in [1.807, 2.05) is 19.9 Å². The molecular weight excluding hydrogens is 472 g/mol. The van der Waals surface area contributed by atoms with Crippen LogP contribution in [0.1, 0.15) is 57.6 Å². The van der Waals surface area contributed by atoms with E-state index in [4.69, 9.17) is 20.9 Å². The van der Waals surface area contributed by atoms with Crippen molar-refractivity contribution in [1.29, 1.82) is 0 Å². The molecule has 3 aromatic heterocycles. The molecule has 9 heteroatoms. The zero-order valence-electron chi connectivity index (χ0n) is 20.7. The van der Waals surface area contributed by atoms with Crippen molar-refractivity contribution in [3.63, 3.8) is 0 Å². The maximum absolute atomic E-state index is 6.55. The Morgan fingerprint density at radius 3 is 2.83 bits per heavy atom. The summed E-state index contributed by atoms with van der Waals surface area (Å²) in [5, 5.41) is 1.54. The van der Waals surface area contributed by atoms with Crippen LogP contribution in [0.4, 0.5) is 10.9 Å². The monoisotopic (exact) mass is 504 g/mol. The number of thiazole rings is 1. The van der Waals surface area contributed by atoms with E-state index in [-0.39, 0.29) is 23.7 Å². The summed E-state index contributed by atoms with van der Waals surface area (Å²) in [6.45, 7) is 4.07. The highest BCUT2D eigenvalue weighted by Gasteiger charge is 2.65. The molecule has 0 amide bonds. The molecule has 1 aromatic carbocycles. The van der Waals surface area contributed by atoms with Crippen LogP contribution in [0.2, 0.25) is 0 Å². The Morgan fingerprint density at radius 1 is 1.11 bits per heavy atom. The van der Waals surface area contributed by atoms with Gasteiger partial charge in [0.2, 0.25) is 0 Å². The number of nitrogens with zero attached hydrogens (tertiary/aromatic N) is 4. The fraction of sp³-hybridized carbons (Fsp3) is 0.519. The number of hydrogen-bond donors (Lipinski definition) is 2. The van der Waals surface area contributed by atoms with E-state index >= 15 is 0 Å². The molecule has 3 aliphatic rings. The van der Waals surface area contributed by atoms with E-state index in [1.54, 1.807) is 17.7 Å². The first-order valence-electron chi connectivity index (χ1n) is 12.9. The van der Waals surface area contributed by atoms with Crippen LogP contribution in [-0.2, 0) is 15.9 Å². The second-order valence-electron chi connectivity index (χ2n) is 11.4. The Bertz CT molecular complexity index is 1460. The number of nitrogens with two attached hydrogens (primary N) is 2. The van der Waals surface area contributed by atoms with E-state index < -0.39 is 5.79 Å². The normalized spacial score (nSPS) is 30.8. The van der Waals surface area contributed by atoms with Crippen molar-refractivity contribution in [2.24, 2.45) is 11.3 Å².